The van der Waals surface area contributed by atoms with E-state index in [1.807, 2.05) is 60.7 Å². The number of anilines is 1. The first-order valence-electron chi connectivity index (χ1n) is 11.0. The summed E-state index contributed by atoms with van der Waals surface area (Å²) in [7, 11) is -4.94. The Labute approximate surface area is 201 Å². The van der Waals surface area contributed by atoms with E-state index in [1.165, 1.54) is 0 Å². The molecule has 34 heavy (non-hydrogen) atoms. The van der Waals surface area contributed by atoms with Crippen LogP contribution in [0, 0.1) is 10.2 Å². The van der Waals surface area contributed by atoms with Crippen molar-refractivity contribution in [3.63, 3.8) is 0 Å². The van der Waals surface area contributed by atoms with Crippen LogP contribution in [-0.4, -0.2) is 13.2 Å². The standard InChI is InChI=1S/C25H30NO3.ClHO4/c1-3-5-15-27-22-11-7-19(8-12-22)21-17-24(29-25(26)18-21)20-9-13-23(14-10-20)28-16-6-4-2;2-1(3,4)5/h7-14,17-18H,3-6,15-16,26H2,1-2H3;(H,2,3,4,5)/q+1;/p-1. The minimum Gasteiger partial charge on any atom is -0.494 e. The van der Waals surface area contributed by atoms with Gasteiger partial charge in [-0.1, -0.05) is 38.8 Å². The molecule has 8 nitrogen and oxygen atoms in total. The number of unbranched alkanes of at least 4 members (excludes halogenated alkanes) is 2. The lowest BCUT2D eigenvalue weighted by atomic mass is 10.0. The number of benzene rings is 2. The number of hydrogen-bond acceptors (Lipinski definition) is 7. The molecule has 0 amide bonds. The molecule has 3 aromatic rings. The molecule has 2 aromatic carbocycles. The van der Waals surface area contributed by atoms with E-state index < -0.39 is 10.2 Å². The van der Waals surface area contributed by atoms with Crippen molar-refractivity contribution in [2.45, 2.75) is 39.5 Å². The van der Waals surface area contributed by atoms with Crippen LogP contribution >= 0.6 is 0 Å². The average Bonchev–Trinajstić information content (AvgIpc) is 2.79. The van der Waals surface area contributed by atoms with Gasteiger partial charge < -0.3 is 15.2 Å². The molecular formula is C25H30ClNO7. The zero-order valence-electron chi connectivity index (χ0n) is 19.3. The summed E-state index contributed by atoms with van der Waals surface area (Å²) in [5.41, 5.74) is 9.07. The van der Waals surface area contributed by atoms with Crippen LogP contribution in [0.15, 0.2) is 65.1 Å². The van der Waals surface area contributed by atoms with E-state index in [0.29, 0.717) is 5.88 Å². The van der Waals surface area contributed by atoms with Crippen LogP contribution in [0.25, 0.3) is 22.5 Å². The van der Waals surface area contributed by atoms with E-state index in [4.69, 9.17) is 38.3 Å². The van der Waals surface area contributed by atoms with Gasteiger partial charge in [0.25, 0.3) is 0 Å². The van der Waals surface area contributed by atoms with Crippen LogP contribution in [0.3, 0.4) is 0 Å². The first kappa shape index (κ1) is 27.4. The van der Waals surface area contributed by atoms with E-state index in [1.54, 1.807) is 0 Å². The van der Waals surface area contributed by atoms with E-state index >= 15 is 0 Å². The minimum absolute atomic E-state index is 0.379. The van der Waals surface area contributed by atoms with Gasteiger partial charge >= 0.3 is 11.6 Å². The van der Waals surface area contributed by atoms with Gasteiger partial charge in [0.15, 0.2) is 0 Å². The molecule has 1 heterocycles. The molecule has 3 rings (SSSR count). The van der Waals surface area contributed by atoms with Gasteiger partial charge in [-0.15, -0.1) is 10.2 Å². The maximum Gasteiger partial charge on any atom is 0.425 e. The van der Waals surface area contributed by atoms with Crippen molar-refractivity contribution in [3.05, 3.63) is 60.7 Å². The molecule has 0 radical (unpaired) electrons. The third kappa shape index (κ3) is 10.4. The zero-order chi connectivity index (χ0) is 25.0. The zero-order valence-corrected chi connectivity index (χ0v) is 20.1. The summed E-state index contributed by atoms with van der Waals surface area (Å²) < 4.78 is 51.2. The normalized spacial score (nSPS) is 10.9. The summed E-state index contributed by atoms with van der Waals surface area (Å²) in [6, 6.07) is 19.9. The second kappa shape index (κ2) is 13.7. The van der Waals surface area contributed by atoms with Gasteiger partial charge in [-0.3, -0.25) is 0 Å². The Morgan fingerprint density at radius 1 is 0.706 bits per heavy atom. The van der Waals surface area contributed by atoms with Crippen molar-refractivity contribution in [2.24, 2.45) is 0 Å². The van der Waals surface area contributed by atoms with E-state index in [9.17, 15) is 0 Å². The number of hydrogen-bond donors (Lipinski definition) is 1. The molecule has 184 valence electrons. The molecule has 0 aliphatic heterocycles. The van der Waals surface area contributed by atoms with Crippen molar-refractivity contribution in [1.82, 2.24) is 0 Å². The van der Waals surface area contributed by atoms with Crippen LogP contribution in [0.2, 0.25) is 0 Å². The van der Waals surface area contributed by atoms with Gasteiger partial charge in [0.2, 0.25) is 0 Å². The Kier molecular flexibility index (Phi) is 11.1. The smallest absolute Gasteiger partial charge is 0.425 e. The van der Waals surface area contributed by atoms with Crippen molar-refractivity contribution < 1.29 is 42.8 Å². The molecule has 0 aliphatic carbocycles. The fourth-order valence-electron chi connectivity index (χ4n) is 2.96. The lowest BCUT2D eigenvalue weighted by Crippen LogP contribution is -2.68. The number of halogens is 1. The summed E-state index contributed by atoms with van der Waals surface area (Å²) in [6.07, 6.45) is 4.36. The summed E-state index contributed by atoms with van der Waals surface area (Å²) >= 11 is 0. The summed E-state index contributed by atoms with van der Waals surface area (Å²) in [5, 5.41) is 0. The molecule has 9 heteroatoms. The highest BCUT2D eigenvalue weighted by atomic mass is 35.7. The second-order valence-electron chi connectivity index (χ2n) is 7.44. The molecule has 1 aromatic heterocycles. The summed E-state index contributed by atoms with van der Waals surface area (Å²) in [4.78, 5) is 0. The Morgan fingerprint density at radius 3 is 1.59 bits per heavy atom. The van der Waals surface area contributed by atoms with Gasteiger partial charge in [-0.25, -0.2) is 18.6 Å². The second-order valence-corrected chi connectivity index (χ2v) is 8.20. The van der Waals surface area contributed by atoms with Crippen LogP contribution in [0.5, 0.6) is 11.5 Å². The largest absolute Gasteiger partial charge is 0.494 e. The molecule has 0 bridgehead atoms. The first-order valence-corrected chi connectivity index (χ1v) is 12.2. The summed E-state index contributed by atoms with van der Waals surface area (Å²) in [5.74, 6) is 2.85. The quantitative estimate of drug-likeness (QED) is 0.334. The third-order valence-corrected chi connectivity index (χ3v) is 4.67. The van der Waals surface area contributed by atoms with Crippen molar-refractivity contribution >= 4 is 5.88 Å². The van der Waals surface area contributed by atoms with Crippen LogP contribution < -0.4 is 33.8 Å². The van der Waals surface area contributed by atoms with Crippen LogP contribution in [0.4, 0.5) is 5.88 Å². The van der Waals surface area contributed by atoms with Crippen LogP contribution in [0.1, 0.15) is 39.5 Å². The van der Waals surface area contributed by atoms with E-state index in [-0.39, 0.29) is 0 Å². The lowest BCUT2D eigenvalue weighted by molar-refractivity contribution is -2.00. The van der Waals surface area contributed by atoms with Gasteiger partial charge in [0.05, 0.1) is 30.9 Å². The highest BCUT2D eigenvalue weighted by Crippen LogP contribution is 2.31. The number of ether oxygens (including phenoxy) is 2. The average molecular weight is 492 g/mol. The predicted molar refractivity (Wildman–Crippen MR) is 119 cm³/mol. The van der Waals surface area contributed by atoms with Crippen molar-refractivity contribution in [3.8, 4) is 33.9 Å². The van der Waals surface area contributed by atoms with E-state index in [2.05, 4.69) is 13.8 Å². The van der Waals surface area contributed by atoms with Gasteiger partial charge in [0.1, 0.15) is 11.5 Å². The maximum atomic E-state index is 8.49. The summed E-state index contributed by atoms with van der Waals surface area (Å²) in [6.45, 7) is 5.79. The molecule has 0 saturated carbocycles. The molecule has 0 fully saturated rings. The van der Waals surface area contributed by atoms with Crippen molar-refractivity contribution in [1.29, 1.82) is 0 Å². The minimum atomic E-state index is -4.94. The molecule has 0 aliphatic rings. The number of nitrogens with two attached hydrogens (primary N) is 1. The highest BCUT2D eigenvalue weighted by molar-refractivity contribution is 5.72. The third-order valence-electron chi connectivity index (χ3n) is 4.67. The molecule has 0 spiro atoms. The van der Waals surface area contributed by atoms with Gasteiger partial charge in [0, 0.05) is 5.56 Å². The van der Waals surface area contributed by atoms with E-state index in [0.717, 1.165) is 72.8 Å². The Bertz CT molecular complexity index is 912. The van der Waals surface area contributed by atoms with Gasteiger partial charge in [-0.2, -0.15) is 4.42 Å². The van der Waals surface area contributed by atoms with Crippen LogP contribution in [-0.2, 0) is 0 Å². The fraction of sp³-hybridized carbons (Fsp3) is 0.320. The molecule has 0 atom stereocenters. The Hall–Kier alpha value is -2.88. The molecular weight excluding hydrogens is 462 g/mol. The van der Waals surface area contributed by atoms with Gasteiger partial charge in [-0.05, 0) is 54.8 Å². The number of nitrogen functional groups attached to an aromatic ring is 1. The highest BCUT2D eigenvalue weighted by Gasteiger charge is 2.17. The first-order chi connectivity index (χ1) is 16.2. The Morgan fingerprint density at radius 2 is 1.15 bits per heavy atom. The molecule has 0 unspecified atom stereocenters. The number of rotatable bonds is 10. The monoisotopic (exact) mass is 491 g/mol. The maximum absolute atomic E-state index is 8.49. The molecule has 2 N–H and O–H groups in total. The fourth-order valence-corrected chi connectivity index (χ4v) is 2.96. The molecule has 0 saturated heterocycles. The topological polar surface area (TPSA) is 148 Å². The van der Waals surface area contributed by atoms with Crippen molar-refractivity contribution in [2.75, 3.05) is 18.9 Å². The predicted octanol–water partition coefficient (Wildman–Crippen LogP) is 2.08. The SMILES string of the molecule is CCCCOc1ccc(-c2cc(N)[o+]c(-c3ccc(OCCCC)cc3)c2)cc1.[O-][Cl+3]([O-])([O-])[O-]. The Balaban J connectivity index is 0.000000739. The lowest BCUT2D eigenvalue weighted by Gasteiger charge is -2.17.